The molecule has 1 amide bonds. The van der Waals surface area contributed by atoms with Crippen LogP contribution in [0.1, 0.15) is 27.7 Å². The van der Waals surface area contributed by atoms with Gasteiger partial charge < -0.3 is 15.4 Å². The van der Waals surface area contributed by atoms with Gasteiger partial charge in [-0.05, 0) is 24.3 Å². The molecule has 30 heavy (non-hydrogen) atoms. The largest absolute Gasteiger partial charge is 0.416 e. The molecule has 1 fully saturated rings. The van der Waals surface area contributed by atoms with Crippen molar-refractivity contribution in [2.24, 2.45) is 0 Å². The lowest BCUT2D eigenvalue weighted by Gasteiger charge is -2.33. The van der Waals surface area contributed by atoms with E-state index in [-0.39, 0.29) is 31.6 Å². The molecule has 1 aromatic heterocycles. The second-order valence-electron chi connectivity index (χ2n) is 6.41. The van der Waals surface area contributed by atoms with E-state index in [0.29, 0.717) is 12.1 Å². The average molecular weight is 436 g/mol. The van der Waals surface area contributed by atoms with E-state index >= 15 is 0 Å². The van der Waals surface area contributed by atoms with Gasteiger partial charge >= 0.3 is 18.0 Å². The molecule has 1 aliphatic rings. The molecule has 0 aliphatic carbocycles. The summed E-state index contributed by atoms with van der Waals surface area (Å²) in [5.74, 6) is -1.11. The summed E-state index contributed by atoms with van der Waals surface area (Å²) in [6, 6.07) is 1.96. The van der Waals surface area contributed by atoms with E-state index < -0.39 is 46.9 Å². The Kier molecular flexibility index (Phi) is 5.50. The van der Waals surface area contributed by atoms with Gasteiger partial charge in [0.25, 0.3) is 5.91 Å². The van der Waals surface area contributed by atoms with Gasteiger partial charge in [0.15, 0.2) is 6.23 Å². The zero-order valence-corrected chi connectivity index (χ0v) is 15.0. The Hall–Kier alpha value is -3.09. The first-order valence-corrected chi connectivity index (χ1v) is 8.41. The number of hydrogen-bond donors (Lipinski definition) is 1. The number of aromatic nitrogens is 2. The number of hydrogen-bond acceptors (Lipinski definition) is 5. The maximum Gasteiger partial charge on any atom is 0.416 e. The minimum absolute atomic E-state index is 0.0522. The molecule has 1 aliphatic heterocycles. The van der Waals surface area contributed by atoms with Crippen LogP contribution in [0.5, 0.6) is 0 Å². The fourth-order valence-electron chi connectivity index (χ4n) is 2.89. The number of anilines is 1. The molecule has 3 rings (SSSR count). The number of ether oxygens (including phenoxy) is 1. The molecule has 13 heteroatoms. The van der Waals surface area contributed by atoms with E-state index in [1.807, 2.05) is 0 Å². The van der Waals surface area contributed by atoms with E-state index in [1.165, 1.54) is 12.3 Å². The van der Waals surface area contributed by atoms with Gasteiger partial charge in [0, 0.05) is 18.3 Å². The van der Waals surface area contributed by atoms with Crippen molar-refractivity contribution in [3.8, 4) is 0 Å². The van der Waals surface area contributed by atoms with E-state index in [1.54, 1.807) is 0 Å². The topological polar surface area (TPSA) is 90.5 Å². The monoisotopic (exact) mass is 436 g/mol. The van der Waals surface area contributed by atoms with Crippen LogP contribution < -0.4 is 11.4 Å². The minimum Gasteiger partial charge on any atom is -0.383 e. The van der Waals surface area contributed by atoms with Crippen molar-refractivity contribution in [2.45, 2.75) is 18.6 Å². The van der Waals surface area contributed by atoms with Crippen LogP contribution >= 0.6 is 0 Å². The third kappa shape index (κ3) is 4.56. The second-order valence-corrected chi connectivity index (χ2v) is 6.41. The van der Waals surface area contributed by atoms with Crippen LogP contribution in [-0.2, 0) is 17.1 Å². The summed E-state index contributed by atoms with van der Waals surface area (Å²) in [5, 5.41) is 0. The Morgan fingerprint density at radius 1 is 1.10 bits per heavy atom. The smallest absolute Gasteiger partial charge is 0.383 e. The maximum atomic E-state index is 13.0. The SMILES string of the molecule is Nc1ccn([C@H]2CN(C(=O)c3cc(C(F)(F)F)cc(C(F)(F)F)c3)CCO2)c(=O)n1. The van der Waals surface area contributed by atoms with E-state index in [2.05, 4.69) is 4.98 Å². The normalized spacial score (nSPS) is 17.8. The van der Waals surface area contributed by atoms with Crippen LogP contribution in [0, 0.1) is 0 Å². The van der Waals surface area contributed by atoms with Gasteiger partial charge in [0.1, 0.15) is 5.82 Å². The zero-order chi connectivity index (χ0) is 22.3. The fraction of sp³-hybridized carbons (Fsp3) is 0.353. The molecule has 0 bridgehead atoms. The quantitative estimate of drug-likeness (QED) is 0.731. The van der Waals surface area contributed by atoms with E-state index in [9.17, 15) is 35.9 Å². The van der Waals surface area contributed by atoms with E-state index in [0.717, 1.165) is 9.47 Å². The van der Waals surface area contributed by atoms with Crippen molar-refractivity contribution in [3.63, 3.8) is 0 Å². The minimum atomic E-state index is -5.08. The van der Waals surface area contributed by atoms with Crippen LogP contribution in [0.4, 0.5) is 32.2 Å². The van der Waals surface area contributed by atoms with Crippen molar-refractivity contribution in [1.29, 1.82) is 0 Å². The molecule has 162 valence electrons. The summed E-state index contributed by atoms with van der Waals surface area (Å²) in [7, 11) is 0. The van der Waals surface area contributed by atoms with Crippen LogP contribution in [0.2, 0.25) is 0 Å². The number of nitrogens with zero attached hydrogens (tertiary/aromatic N) is 3. The number of carbonyl (C=O) groups excluding carboxylic acids is 1. The average Bonchev–Trinajstić information content (AvgIpc) is 2.66. The standard InChI is InChI=1S/C17H14F6N4O3/c18-16(19,20)10-5-9(6-11(7-10)17(21,22)23)14(28)26-3-4-30-13(8-26)27-2-1-12(24)25-15(27)29/h1-2,5-7,13H,3-4,8H2,(H2,24,25,29)/t13-/m1/s1. The maximum absolute atomic E-state index is 13.0. The lowest BCUT2D eigenvalue weighted by molar-refractivity contribution is -0.143. The molecule has 1 atom stereocenters. The number of alkyl halides is 6. The van der Waals surface area contributed by atoms with Crippen molar-refractivity contribution >= 4 is 11.7 Å². The molecule has 2 N–H and O–H groups in total. The molecule has 0 spiro atoms. The number of rotatable bonds is 2. The Morgan fingerprint density at radius 2 is 1.70 bits per heavy atom. The van der Waals surface area contributed by atoms with Crippen LogP contribution in [0.3, 0.4) is 0 Å². The number of halogens is 6. The Labute approximate surface area is 164 Å². The number of morpholine rings is 1. The van der Waals surface area contributed by atoms with Gasteiger partial charge in [0.2, 0.25) is 0 Å². The van der Waals surface area contributed by atoms with Crippen molar-refractivity contribution in [3.05, 3.63) is 57.6 Å². The van der Waals surface area contributed by atoms with Gasteiger partial charge in [0.05, 0.1) is 24.3 Å². The van der Waals surface area contributed by atoms with Crippen LogP contribution in [-0.4, -0.2) is 40.1 Å². The fourth-order valence-corrected chi connectivity index (χ4v) is 2.89. The van der Waals surface area contributed by atoms with Crippen LogP contribution in [0.15, 0.2) is 35.3 Å². The predicted octanol–water partition coefficient (Wildman–Crippen LogP) is 2.53. The summed E-state index contributed by atoms with van der Waals surface area (Å²) in [4.78, 5) is 29.1. The predicted molar refractivity (Wildman–Crippen MR) is 90.2 cm³/mol. The number of carbonyl (C=O) groups is 1. The highest BCUT2D eigenvalue weighted by molar-refractivity contribution is 5.94. The molecule has 0 unspecified atom stereocenters. The Bertz CT molecular complexity index is 986. The highest BCUT2D eigenvalue weighted by Crippen LogP contribution is 2.36. The third-order valence-corrected chi connectivity index (χ3v) is 4.33. The third-order valence-electron chi connectivity index (χ3n) is 4.33. The van der Waals surface area contributed by atoms with Gasteiger partial charge in [-0.2, -0.15) is 31.3 Å². The summed E-state index contributed by atoms with van der Waals surface area (Å²) in [6.07, 6.45) is -9.93. The lowest BCUT2D eigenvalue weighted by atomic mass is 10.0. The van der Waals surface area contributed by atoms with Gasteiger partial charge in [-0.3, -0.25) is 9.36 Å². The zero-order valence-electron chi connectivity index (χ0n) is 15.0. The molecule has 0 radical (unpaired) electrons. The first-order chi connectivity index (χ1) is 13.9. The highest BCUT2D eigenvalue weighted by atomic mass is 19.4. The van der Waals surface area contributed by atoms with Crippen molar-refractivity contribution < 1.29 is 35.9 Å². The number of amides is 1. The lowest BCUT2D eigenvalue weighted by Crippen LogP contribution is -2.46. The van der Waals surface area contributed by atoms with Crippen LogP contribution in [0.25, 0.3) is 0 Å². The van der Waals surface area contributed by atoms with E-state index in [4.69, 9.17) is 10.5 Å². The summed E-state index contributed by atoms with van der Waals surface area (Å²) in [6.45, 7) is -0.482. The second kappa shape index (κ2) is 7.63. The first kappa shape index (κ1) is 21.6. The number of benzene rings is 1. The molecule has 2 aromatic rings. The molecule has 1 aromatic carbocycles. The molecule has 1 saturated heterocycles. The summed E-state index contributed by atoms with van der Waals surface area (Å²) >= 11 is 0. The molecule has 2 heterocycles. The first-order valence-electron chi connectivity index (χ1n) is 8.41. The van der Waals surface area contributed by atoms with Gasteiger partial charge in [-0.1, -0.05) is 0 Å². The molecule has 0 saturated carbocycles. The number of nitrogens with two attached hydrogens (primary N) is 1. The molecular weight excluding hydrogens is 422 g/mol. The Balaban J connectivity index is 1.93. The summed E-state index contributed by atoms with van der Waals surface area (Å²) < 4.78 is 84.6. The number of nitrogen functional groups attached to an aromatic ring is 1. The highest BCUT2D eigenvalue weighted by Gasteiger charge is 2.38. The summed E-state index contributed by atoms with van der Waals surface area (Å²) in [5.41, 5.74) is 0.646. The van der Waals surface area contributed by atoms with Gasteiger partial charge in [-0.15, -0.1) is 0 Å². The molecule has 7 nitrogen and oxygen atoms in total. The van der Waals surface area contributed by atoms with Gasteiger partial charge in [-0.25, -0.2) is 4.79 Å². The van der Waals surface area contributed by atoms with Crippen molar-refractivity contribution in [1.82, 2.24) is 14.5 Å². The molecular formula is C17H14F6N4O3. The van der Waals surface area contributed by atoms with Crippen molar-refractivity contribution in [2.75, 3.05) is 25.4 Å². The Morgan fingerprint density at radius 3 is 2.23 bits per heavy atom.